The molecule has 2 aromatic heterocycles. The Labute approximate surface area is 153 Å². The van der Waals surface area contributed by atoms with E-state index in [-0.39, 0.29) is 5.75 Å². The Hall–Kier alpha value is -1.89. The summed E-state index contributed by atoms with van der Waals surface area (Å²) in [6, 6.07) is 5.81. The van der Waals surface area contributed by atoms with Crippen molar-refractivity contribution in [3.63, 3.8) is 0 Å². The molecule has 0 spiro atoms. The number of fused-ring (bicyclic) bond motifs is 3. The Kier molecular flexibility index (Phi) is 4.26. The number of pyridine rings is 1. The highest BCUT2D eigenvalue weighted by Gasteiger charge is 2.22. The minimum Gasteiger partial charge on any atom is -0.506 e. The van der Waals surface area contributed by atoms with Crippen LogP contribution < -0.4 is 0 Å². The molecule has 0 radical (unpaired) electrons. The molecule has 1 aliphatic carbocycles. The van der Waals surface area contributed by atoms with Crippen molar-refractivity contribution in [3.8, 4) is 5.75 Å². The van der Waals surface area contributed by atoms with Gasteiger partial charge in [-0.25, -0.2) is 0 Å². The van der Waals surface area contributed by atoms with Crippen molar-refractivity contribution in [1.29, 1.82) is 0 Å². The van der Waals surface area contributed by atoms with Gasteiger partial charge in [-0.3, -0.25) is 9.98 Å². The number of phenols is 1. The molecule has 1 aliphatic rings. The Bertz CT molecular complexity index is 916. The van der Waals surface area contributed by atoms with Crippen molar-refractivity contribution in [1.82, 2.24) is 4.98 Å². The van der Waals surface area contributed by atoms with Crippen molar-refractivity contribution in [3.05, 3.63) is 56.6 Å². The van der Waals surface area contributed by atoms with Crippen LogP contribution in [0.2, 0.25) is 0 Å². The van der Waals surface area contributed by atoms with Gasteiger partial charge in [-0.15, -0.1) is 0 Å². The number of rotatable bonds is 3. The molecule has 122 valence electrons. The largest absolute Gasteiger partial charge is 0.506 e. The molecule has 0 aliphatic heterocycles. The third-order valence-electron chi connectivity index (χ3n) is 4.45. The Balaban J connectivity index is 1.78. The second kappa shape index (κ2) is 6.55. The van der Waals surface area contributed by atoms with Crippen LogP contribution in [0.25, 0.3) is 11.0 Å². The summed E-state index contributed by atoms with van der Waals surface area (Å²) in [5.41, 5.74) is 3.97. The fraction of sp³-hybridized carbons (Fsp3) is 0.263. The number of aliphatic imine (C=N–C) groups is 1. The lowest BCUT2D eigenvalue weighted by Gasteiger charge is -2.10. The highest BCUT2D eigenvalue weighted by Crippen LogP contribution is 2.39. The number of nitrogens with zero attached hydrogens (tertiary/aromatic N) is 2. The number of hydrogen-bond acceptors (Lipinski definition) is 4. The zero-order valence-corrected chi connectivity index (χ0v) is 15.3. The second-order valence-electron chi connectivity index (χ2n) is 6.03. The van der Waals surface area contributed by atoms with Crippen molar-refractivity contribution >= 4 is 39.8 Å². The van der Waals surface area contributed by atoms with E-state index in [1.54, 1.807) is 18.6 Å². The molecule has 0 fully saturated rings. The predicted octanol–water partition coefficient (Wildman–Crippen LogP) is 4.64. The lowest BCUT2D eigenvalue weighted by molar-refractivity contribution is 0.470. The zero-order valence-electron chi connectivity index (χ0n) is 13.1. The standard InChI is InChI=1S/C19H17IN2O2/c20-15-9-17-18(13-3-1-2-4-16(13)24-17)14(19(15)23)11-22-10-12-5-7-21-8-6-12/h5-9,11,23H,1-4,10H2. The first-order valence-corrected chi connectivity index (χ1v) is 9.16. The molecule has 0 saturated carbocycles. The lowest BCUT2D eigenvalue weighted by Crippen LogP contribution is -2.00. The summed E-state index contributed by atoms with van der Waals surface area (Å²) in [7, 11) is 0. The van der Waals surface area contributed by atoms with E-state index in [1.807, 2.05) is 18.2 Å². The summed E-state index contributed by atoms with van der Waals surface area (Å²) < 4.78 is 6.83. The monoisotopic (exact) mass is 432 g/mol. The van der Waals surface area contributed by atoms with E-state index in [4.69, 9.17) is 4.42 Å². The number of aromatic hydroxyl groups is 1. The topological polar surface area (TPSA) is 58.6 Å². The van der Waals surface area contributed by atoms with Gasteiger partial charge in [0, 0.05) is 41.5 Å². The molecule has 0 saturated heterocycles. The maximum absolute atomic E-state index is 10.6. The second-order valence-corrected chi connectivity index (χ2v) is 7.19. The highest BCUT2D eigenvalue weighted by molar-refractivity contribution is 14.1. The third kappa shape index (κ3) is 2.81. The van der Waals surface area contributed by atoms with Crippen molar-refractivity contribution in [2.75, 3.05) is 0 Å². The van der Waals surface area contributed by atoms with E-state index >= 15 is 0 Å². The molecule has 5 heteroatoms. The summed E-state index contributed by atoms with van der Waals surface area (Å²) in [5.74, 6) is 1.36. The van der Waals surface area contributed by atoms with Crippen molar-refractivity contribution in [2.45, 2.75) is 32.2 Å². The van der Waals surface area contributed by atoms with Gasteiger partial charge in [-0.1, -0.05) is 0 Å². The lowest BCUT2D eigenvalue weighted by atomic mass is 9.94. The normalized spacial score (nSPS) is 14.4. The van der Waals surface area contributed by atoms with Gasteiger partial charge in [-0.2, -0.15) is 0 Å². The number of halogens is 1. The molecule has 1 N–H and O–H groups in total. The van der Waals surface area contributed by atoms with Crippen LogP contribution >= 0.6 is 22.6 Å². The van der Waals surface area contributed by atoms with Gasteiger partial charge in [0.05, 0.1) is 10.1 Å². The number of aryl methyl sites for hydroxylation is 2. The average molecular weight is 432 g/mol. The molecule has 2 heterocycles. The maximum Gasteiger partial charge on any atom is 0.138 e. The van der Waals surface area contributed by atoms with E-state index < -0.39 is 0 Å². The summed E-state index contributed by atoms with van der Waals surface area (Å²) >= 11 is 2.14. The number of hydrogen-bond donors (Lipinski definition) is 1. The van der Waals surface area contributed by atoms with Crippen LogP contribution in [0.4, 0.5) is 0 Å². The zero-order chi connectivity index (χ0) is 16.5. The Morgan fingerprint density at radius 1 is 1.25 bits per heavy atom. The molecular formula is C19H17IN2O2. The first kappa shape index (κ1) is 15.6. The van der Waals surface area contributed by atoms with Crippen LogP contribution in [0.1, 0.15) is 35.3 Å². The van der Waals surface area contributed by atoms with Crippen molar-refractivity contribution in [2.24, 2.45) is 4.99 Å². The predicted molar refractivity (Wildman–Crippen MR) is 103 cm³/mol. The Morgan fingerprint density at radius 2 is 2.04 bits per heavy atom. The number of furan rings is 1. The quantitative estimate of drug-likeness (QED) is 0.485. The number of benzene rings is 1. The molecule has 0 atom stereocenters. The van der Waals surface area contributed by atoms with E-state index in [0.29, 0.717) is 6.54 Å². The van der Waals surface area contributed by atoms with Crippen LogP contribution in [-0.4, -0.2) is 16.3 Å². The molecule has 0 bridgehead atoms. The van der Waals surface area contributed by atoms with E-state index in [0.717, 1.165) is 44.3 Å². The van der Waals surface area contributed by atoms with Gasteiger partial charge in [-0.05, 0) is 65.6 Å². The molecule has 4 rings (SSSR count). The van der Waals surface area contributed by atoms with Gasteiger partial charge < -0.3 is 9.52 Å². The van der Waals surface area contributed by atoms with Crippen LogP contribution in [0.15, 0.2) is 40.0 Å². The number of phenolic OH excluding ortho intramolecular Hbond substituents is 1. The fourth-order valence-corrected chi connectivity index (χ4v) is 3.84. The van der Waals surface area contributed by atoms with E-state index in [2.05, 4.69) is 32.6 Å². The van der Waals surface area contributed by atoms with Gasteiger partial charge in [0.1, 0.15) is 17.1 Å². The Morgan fingerprint density at radius 3 is 2.88 bits per heavy atom. The van der Waals surface area contributed by atoms with Crippen LogP contribution in [0.3, 0.4) is 0 Å². The van der Waals surface area contributed by atoms with Crippen LogP contribution in [0, 0.1) is 3.57 Å². The molecule has 24 heavy (non-hydrogen) atoms. The molecule has 4 nitrogen and oxygen atoms in total. The van der Waals surface area contributed by atoms with Gasteiger partial charge in [0.25, 0.3) is 0 Å². The number of aromatic nitrogens is 1. The van der Waals surface area contributed by atoms with Crippen LogP contribution in [-0.2, 0) is 19.4 Å². The summed E-state index contributed by atoms with van der Waals surface area (Å²) in [5, 5.41) is 11.6. The minimum absolute atomic E-state index is 0.288. The molecule has 1 aromatic carbocycles. The van der Waals surface area contributed by atoms with E-state index in [9.17, 15) is 5.11 Å². The molecule has 0 amide bonds. The highest BCUT2D eigenvalue weighted by atomic mass is 127. The third-order valence-corrected chi connectivity index (χ3v) is 5.27. The fourth-order valence-electron chi connectivity index (χ4n) is 3.27. The average Bonchev–Trinajstić information content (AvgIpc) is 2.97. The molecular weight excluding hydrogens is 415 g/mol. The maximum atomic E-state index is 10.6. The smallest absolute Gasteiger partial charge is 0.138 e. The van der Waals surface area contributed by atoms with Gasteiger partial charge >= 0.3 is 0 Å². The summed E-state index contributed by atoms with van der Waals surface area (Å²) in [6.45, 7) is 0.564. The summed E-state index contributed by atoms with van der Waals surface area (Å²) in [4.78, 5) is 8.55. The van der Waals surface area contributed by atoms with Gasteiger partial charge in [0.2, 0.25) is 0 Å². The minimum atomic E-state index is 0.288. The van der Waals surface area contributed by atoms with E-state index in [1.165, 1.54) is 18.4 Å². The molecule has 0 unspecified atom stereocenters. The van der Waals surface area contributed by atoms with Crippen LogP contribution in [0.5, 0.6) is 5.75 Å². The first-order valence-electron chi connectivity index (χ1n) is 8.08. The SMILES string of the molecule is Oc1c(I)cc2oc3c(c2c1C=NCc1ccncc1)CCCC3. The summed E-state index contributed by atoms with van der Waals surface area (Å²) in [6.07, 6.45) is 9.63. The molecule has 3 aromatic rings. The van der Waals surface area contributed by atoms with Gasteiger partial charge in [0.15, 0.2) is 0 Å². The first-order chi connectivity index (χ1) is 11.7. The van der Waals surface area contributed by atoms with Crippen molar-refractivity contribution < 1.29 is 9.52 Å².